The first kappa shape index (κ1) is 16.4. The Balaban J connectivity index is 0.00000192. The van der Waals surface area contributed by atoms with Crippen LogP contribution in [-0.4, -0.2) is 55.5 Å². The summed E-state index contributed by atoms with van der Waals surface area (Å²) in [4.78, 5) is 8.99. The van der Waals surface area contributed by atoms with E-state index in [1.807, 2.05) is 11.6 Å². The molecule has 0 radical (unpaired) electrons. The van der Waals surface area contributed by atoms with Crippen LogP contribution in [0.4, 0.5) is 16.0 Å². The van der Waals surface area contributed by atoms with Crippen LogP contribution in [0.3, 0.4) is 0 Å². The molecule has 5 rings (SSSR count). The molecule has 2 aliphatic heterocycles. The zero-order chi connectivity index (χ0) is 18.4. The van der Waals surface area contributed by atoms with Gasteiger partial charge in [-0.15, -0.1) is 5.10 Å². The SMILES string of the molecule is Cc1nn2c3nc(ncc13)Nc1cn([C@@H]3CCOC[C@H]3F)nc1OCCC2.[HH]. The van der Waals surface area contributed by atoms with Gasteiger partial charge in [-0.25, -0.2) is 14.1 Å². The molecule has 0 aromatic carbocycles. The summed E-state index contributed by atoms with van der Waals surface area (Å²) >= 11 is 0. The van der Waals surface area contributed by atoms with E-state index in [4.69, 9.17) is 9.47 Å². The molecule has 0 spiro atoms. The van der Waals surface area contributed by atoms with Gasteiger partial charge in [0, 0.05) is 27.2 Å². The number of anilines is 2. The van der Waals surface area contributed by atoms with Crippen molar-refractivity contribution in [2.45, 2.75) is 38.5 Å². The van der Waals surface area contributed by atoms with E-state index in [2.05, 4.69) is 25.5 Å². The number of nitrogens with zero attached hydrogens (tertiary/aromatic N) is 6. The lowest BCUT2D eigenvalue weighted by molar-refractivity contribution is -0.000436. The minimum Gasteiger partial charge on any atom is -0.475 e. The highest BCUT2D eigenvalue weighted by Crippen LogP contribution is 2.31. The summed E-state index contributed by atoms with van der Waals surface area (Å²) < 4.78 is 28.8. The minimum absolute atomic E-state index is 0. The Bertz CT molecular complexity index is 991. The number of aromatic nitrogens is 6. The average Bonchev–Trinajstić information content (AvgIpc) is 3.19. The Hall–Kier alpha value is -2.75. The zero-order valence-corrected chi connectivity index (χ0v) is 14.9. The standard InChI is InChI=1S/C17H20FN7O2.H2/c1-10-11-7-19-17-20-13-8-25(14-3-6-26-9-12(14)18)23-16(13)27-5-2-4-24(22-10)15(11)21-17;/h7-8,12,14H,2-6,9H2,1H3,(H,19,20,21);1H/t12-,14-;/m1./s1. The molecule has 3 aromatic rings. The van der Waals surface area contributed by atoms with E-state index >= 15 is 0 Å². The van der Waals surface area contributed by atoms with Gasteiger partial charge < -0.3 is 14.8 Å². The average molecular weight is 375 g/mol. The summed E-state index contributed by atoms with van der Waals surface area (Å²) in [6.07, 6.45) is 3.75. The van der Waals surface area contributed by atoms with Crippen molar-refractivity contribution in [3.63, 3.8) is 0 Å². The fourth-order valence-corrected chi connectivity index (χ4v) is 3.55. The van der Waals surface area contributed by atoms with Crippen LogP contribution >= 0.6 is 0 Å². The maximum atomic E-state index is 14.3. The number of halogens is 1. The molecule has 0 aliphatic carbocycles. The van der Waals surface area contributed by atoms with Crippen molar-refractivity contribution in [2.24, 2.45) is 0 Å². The molecular formula is C17H22FN7O2. The fraction of sp³-hybridized carbons (Fsp3) is 0.529. The molecule has 0 saturated carbocycles. The van der Waals surface area contributed by atoms with Gasteiger partial charge in [0.2, 0.25) is 5.95 Å². The predicted molar refractivity (Wildman–Crippen MR) is 97.2 cm³/mol. The molecule has 3 aromatic heterocycles. The second kappa shape index (κ2) is 6.45. The zero-order valence-electron chi connectivity index (χ0n) is 14.9. The van der Waals surface area contributed by atoms with Crippen molar-refractivity contribution in [3.05, 3.63) is 18.1 Å². The highest BCUT2D eigenvalue weighted by Gasteiger charge is 2.29. The first-order valence-corrected chi connectivity index (χ1v) is 9.10. The smallest absolute Gasteiger partial charge is 0.256 e. The number of aryl methyl sites for hydroxylation is 2. The van der Waals surface area contributed by atoms with Gasteiger partial charge in [0.1, 0.15) is 11.9 Å². The van der Waals surface area contributed by atoms with Crippen LogP contribution in [0.15, 0.2) is 12.4 Å². The van der Waals surface area contributed by atoms with Gasteiger partial charge in [-0.1, -0.05) is 0 Å². The third-order valence-corrected chi connectivity index (χ3v) is 4.96. The third kappa shape index (κ3) is 2.89. The summed E-state index contributed by atoms with van der Waals surface area (Å²) in [6, 6.07) is -0.364. The second-order valence-corrected chi connectivity index (χ2v) is 6.84. The molecular weight excluding hydrogens is 353 g/mol. The lowest BCUT2D eigenvalue weighted by Crippen LogP contribution is -2.31. The van der Waals surface area contributed by atoms with Crippen molar-refractivity contribution in [2.75, 3.05) is 25.1 Å². The Labute approximate surface area is 156 Å². The van der Waals surface area contributed by atoms with E-state index in [1.165, 1.54) is 0 Å². The van der Waals surface area contributed by atoms with Crippen LogP contribution in [0.2, 0.25) is 0 Å². The monoisotopic (exact) mass is 375 g/mol. The third-order valence-electron chi connectivity index (χ3n) is 4.96. The van der Waals surface area contributed by atoms with Crippen molar-refractivity contribution in [3.8, 4) is 5.88 Å². The predicted octanol–water partition coefficient (Wildman–Crippen LogP) is 2.40. The first-order valence-electron chi connectivity index (χ1n) is 9.10. The number of nitrogens with one attached hydrogen (secondary N) is 1. The molecule has 1 fully saturated rings. The van der Waals surface area contributed by atoms with Gasteiger partial charge in [-0.2, -0.15) is 10.1 Å². The van der Waals surface area contributed by atoms with E-state index in [0.717, 1.165) is 23.1 Å². The number of hydrogen-bond acceptors (Lipinski definition) is 7. The normalized spacial score (nSPS) is 22.7. The van der Waals surface area contributed by atoms with Gasteiger partial charge in [0.05, 0.1) is 36.5 Å². The number of alkyl halides is 1. The molecule has 10 heteroatoms. The molecule has 0 amide bonds. The summed E-state index contributed by atoms with van der Waals surface area (Å²) in [5.41, 5.74) is 2.31. The molecule has 5 heterocycles. The second-order valence-electron chi connectivity index (χ2n) is 6.84. The fourth-order valence-electron chi connectivity index (χ4n) is 3.55. The van der Waals surface area contributed by atoms with Crippen molar-refractivity contribution < 1.29 is 15.3 Å². The Kier molecular flexibility index (Phi) is 3.92. The molecule has 2 atom stereocenters. The molecule has 1 saturated heterocycles. The maximum absolute atomic E-state index is 14.3. The molecule has 144 valence electrons. The Morgan fingerprint density at radius 1 is 1.33 bits per heavy atom. The number of rotatable bonds is 1. The number of hydrogen-bond donors (Lipinski definition) is 1. The lowest BCUT2D eigenvalue weighted by Gasteiger charge is -2.26. The van der Waals surface area contributed by atoms with Crippen molar-refractivity contribution in [1.29, 1.82) is 0 Å². The first-order chi connectivity index (χ1) is 13.2. The van der Waals surface area contributed by atoms with E-state index in [9.17, 15) is 4.39 Å². The van der Waals surface area contributed by atoms with Crippen LogP contribution in [0, 0.1) is 6.92 Å². The molecule has 0 unspecified atom stereocenters. The Morgan fingerprint density at radius 3 is 3.15 bits per heavy atom. The summed E-state index contributed by atoms with van der Waals surface area (Å²) in [5, 5.41) is 13.1. The van der Waals surface area contributed by atoms with Gasteiger partial charge in [0.15, 0.2) is 5.65 Å². The molecule has 27 heavy (non-hydrogen) atoms. The van der Waals surface area contributed by atoms with Crippen LogP contribution in [-0.2, 0) is 11.3 Å². The largest absolute Gasteiger partial charge is 0.475 e. The number of fused-ring (bicyclic) bond motifs is 2. The minimum atomic E-state index is -1.09. The van der Waals surface area contributed by atoms with E-state index in [-0.39, 0.29) is 14.1 Å². The highest BCUT2D eigenvalue weighted by molar-refractivity contribution is 5.78. The maximum Gasteiger partial charge on any atom is 0.256 e. The van der Waals surface area contributed by atoms with Crippen LogP contribution < -0.4 is 10.1 Å². The number of ether oxygens (including phenoxy) is 2. The topological polar surface area (TPSA) is 91.9 Å². The molecule has 9 nitrogen and oxygen atoms in total. The quantitative estimate of drug-likeness (QED) is 0.698. The summed E-state index contributed by atoms with van der Waals surface area (Å²) in [7, 11) is 0. The summed E-state index contributed by atoms with van der Waals surface area (Å²) in [6.45, 7) is 3.71. The van der Waals surface area contributed by atoms with Gasteiger partial charge >= 0.3 is 0 Å². The van der Waals surface area contributed by atoms with Gasteiger partial charge in [0.25, 0.3) is 5.88 Å². The van der Waals surface area contributed by atoms with Crippen LogP contribution in [0.25, 0.3) is 11.0 Å². The Morgan fingerprint density at radius 2 is 2.26 bits per heavy atom. The summed E-state index contributed by atoms with van der Waals surface area (Å²) in [5.74, 6) is 0.854. The van der Waals surface area contributed by atoms with E-state index < -0.39 is 6.17 Å². The lowest BCUT2D eigenvalue weighted by atomic mass is 10.1. The van der Waals surface area contributed by atoms with Crippen molar-refractivity contribution in [1.82, 2.24) is 29.5 Å². The van der Waals surface area contributed by atoms with Gasteiger partial charge in [-0.3, -0.25) is 4.68 Å². The van der Waals surface area contributed by atoms with Gasteiger partial charge in [-0.05, 0) is 13.3 Å². The molecule has 2 bridgehead atoms. The molecule has 1 N–H and O–H groups in total. The van der Waals surface area contributed by atoms with Crippen LogP contribution in [0.5, 0.6) is 5.88 Å². The van der Waals surface area contributed by atoms with E-state index in [0.29, 0.717) is 43.7 Å². The van der Waals surface area contributed by atoms with Crippen LogP contribution in [0.1, 0.15) is 26.0 Å². The highest BCUT2D eigenvalue weighted by atomic mass is 19.1. The molecule has 2 aliphatic rings. The van der Waals surface area contributed by atoms with Crippen molar-refractivity contribution >= 4 is 22.7 Å². The van der Waals surface area contributed by atoms with E-state index in [1.54, 1.807) is 17.1 Å².